The van der Waals surface area contributed by atoms with Gasteiger partial charge in [-0.15, -0.1) is 0 Å². The lowest BCUT2D eigenvalue weighted by molar-refractivity contribution is -0.122. The molecule has 2 heterocycles. The maximum absolute atomic E-state index is 12.2. The normalized spacial score (nSPS) is 16.5. The van der Waals surface area contributed by atoms with Crippen molar-refractivity contribution < 1.29 is 9.53 Å². The standard InChI is InChI=1S/C15H18N2O2S/c1-9-7-10(2)13-12(8-9)20-15(16-13)17-14(18)11-3-5-19-6-4-11/h7-8,11H,3-6H2,1-2H3,(H,16,17,18). The number of rotatable bonds is 2. The van der Waals surface area contributed by atoms with Crippen molar-refractivity contribution >= 4 is 32.6 Å². The van der Waals surface area contributed by atoms with Crippen LogP contribution in [0.1, 0.15) is 24.0 Å². The van der Waals surface area contributed by atoms with Gasteiger partial charge in [-0.2, -0.15) is 0 Å². The molecule has 0 bridgehead atoms. The maximum Gasteiger partial charge on any atom is 0.229 e. The van der Waals surface area contributed by atoms with Gasteiger partial charge < -0.3 is 10.1 Å². The lowest BCUT2D eigenvalue weighted by Crippen LogP contribution is -2.28. The first-order valence-corrected chi connectivity index (χ1v) is 7.71. The Balaban J connectivity index is 1.80. The first-order chi connectivity index (χ1) is 9.63. The van der Waals surface area contributed by atoms with Gasteiger partial charge in [0.2, 0.25) is 5.91 Å². The summed E-state index contributed by atoms with van der Waals surface area (Å²) in [4.78, 5) is 16.7. The Bertz CT molecular complexity index is 645. The average molecular weight is 290 g/mol. The third-order valence-corrected chi connectivity index (χ3v) is 4.57. The Kier molecular flexibility index (Phi) is 3.72. The quantitative estimate of drug-likeness (QED) is 0.923. The van der Waals surface area contributed by atoms with Gasteiger partial charge in [0.25, 0.3) is 0 Å². The number of carbonyl (C=O) groups is 1. The van der Waals surface area contributed by atoms with Gasteiger partial charge in [0, 0.05) is 19.1 Å². The van der Waals surface area contributed by atoms with Crippen LogP contribution in [0.2, 0.25) is 0 Å². The molecule has 1 fully saturated rings. The number of benzene rings is 1. The molecule has 1 amide bonds. The lowest BCUT2D eigenvalue weighted by atomic mass is 10.00. The number of amides is 1. The van der Waals surface area contributed by atoms with Crippen LogP contribution in [-0.2, 0) is 9.53 Å². The highest BCUT2D eigenvalue weighted by Crippen LogP contribution is 2.30. The predicted octanol–water partition coefficient (Wildman–Crippen LogP) is 3.28. The highest BCUT2D eigenvalue weighted by Gasteiger charge is 2.22. The number of aromatic nitrogens is 1. The topological polar surface area (TPSA) is 51.2 Å². The number of nitrogens with one attached hydrogen (secondary N) is 1. The summed E-state index contributed by atoms with van der Waals surface area (Å²) < 4.78 is 6.41. The molecule has 3 rings (SSSR count). The van der Waals surface area contributed by atoms with Crippen molar-refractivity contribution in [1.29, 1.82) is 0 Å². The fourth-order valence-corrected chi connectivity index (χ4v) is 3.64. The summed E-state index contributed by atoms with van der Waals surface area (Å²) in [7, 11) is 0. The molecule has 1 N–H and O–H groups in total. The van der Waals surface area contributed by atoms with Crippen molar-refractivity contribution in [2.75, 3.05) is 18.5 Å². The summed E-state index contributed by atoms with van der Waals surface area (Å²) >= 11 is 1.54. The van der Waals surface area contributed by atoms with E-state index in [2.05, 4.69) is 36.3 Å². The van der Waals surface area contributed by atoms with Crippen molar-refractivity contribution in [3.05, 3.63) is 23.3 Å². The predicted molar refractivity (Wildman–Crippen MR) is 81.3 cm³/mol. The van der Waals surface area contributed by atoms with Crippen molar-refractivity contribution in [1.82, 2.24) is 4.98 Å². The molecule has 2 aromatic rings. The molecule has 0 unspecified atom stereocenters. The number of hydrogen-bond donors (Lipinski definition) is 1. The minimum atomic E-state index is 0.0543. The molecule has 1 aromatic carbocycles. The van der Waals surface area contributed by atoms with Crippen LogP contribution in [0.5, 0.6) is 0 Å². The molecule has 0 spiro atoms. The summed E-state index contributed by atoms with van der Waals surface area (Å²) in [6, 6.07) is 4.23. The van der Waals surface area contributed by atoms with Crippen LogP contribution in [0.3, 0.4) is 0 Å². The summed E-state index contributed by atoms with van der Waals surface area (Å²) in [5, 5.41) is 3.66. The Morgan fingerprint density at radius 3 is 2.85 bits per heavy atom. The molecule has 0 radical (unpaired) electrons. The summed E-state index contributed by atoms with van der Waals surface area (Å²) in [5.74, 6) is 0.125. The van der Waals surface area contributed by atoms with Gasteiger partial charge >= 0.3 is 0 Å². The molecule has 5 heteroatoms. The minimum Gasteiger partial charge on any atom is -0.381 e. The molecule has 1 aliphatic rings. The number of carbonyl (C=O) groups excluding carboxylic acids is 1. The number of nitrogens with zero attached hydrogens (tertiary/aromatic N) is 1. The fraction of sp³-hybridized carbons (Fsp3) is 0.467. The largest absolute Gasteiger partial charge is 0.381 e. The second-order valence-corrected chi connectivity index (χ2v) is 6.35. The van der Waals surface area contributed by atoms with Crippen LogP contribution in [-0.4, -0.2) is 24.1 Å². The van der Waals surface area contributed by atoms with Crippen molar-refractivity contribution in [3.63, 3.8) is 0 Å². The number of anilines is 1. The number of ether oxygens (including phenoxy) is 1. The third kappa shape index (κ3) is 2.69. The highest BCUT2D eigenvalue weighted by molar-refractivity contribution is 7.22. The Labute approximate surface area is 122 Å². The number of thiazole rings is 1. The van der Waals surface area contributed by atoms with Crippen LogP contribution >= 0.6 is 11.3 Å². The van der Waals surface area contributed by atoms with Gasteiger partial charge in [-0.3, -0.25) is 4.79 Å². The molecule has 4 nitrogen and oxygen atoms in total. The Morgan fingerprint density at radius 1 is 1.35 bits per heavy atom. The molecule has 0 atom stereocenters. The van der Waals surface area contributed by atoms with Crippen LogP contribution in [0, 0.1) is 19.8 Å². The molecule has 1 aliphatic heterocycles. The zero-order valence-electron chi connectivity index (χ0n) is 11.7. The van der Waals surface area contributed by atoms with E-state index in [1.807, 2.05) is 0 Å². The van der Waals surface area contributed by atoms with E-state index in [-0.39, 0.29) is 11.8 Å². The van der Waals surface area contributed by atoms with Gasteiger partial charge in [0.1, 0.15) is 0 Å². The van der Waals surface area contributed by atoms with Gasteiger partial charge in [-0.05, 0) is 43.9 Å². The fourth-order valence-electron chi connectivity index (χ4n) is 2.59. The van der Waals surface area contributed by atoms with E-state index >= 15 is 0 Å². The van der Waals surface area contributed by atoms with E-state index in [1.54, 1.807) is 11.3 Å². The minimum absolute atomic E-state index is 0.0543. The smallest absolute Gasteiger partial charge is 0.229 e. The van der Waals surface area contributed by atoms with E-state index in [0.29, 0.717) is 18.3 Å². The lowest BCUT2D eigenvalue weighted by Gasteiger charge is -2.20. The Morgan fingerprint density at radius 2 is 2.10 bits per heavy atom. The third-order valence-electron chi connectivity index (χ3n) is 3.65. The SMILES string of the molecule is Cc1cc(C)c2nc(NC(=O)C3CCOCC3)sc2c1. The molecule has 106 valence electrons. The van der Waals surface area contributed by atoms with Crippen LogP contribution in [0.4, 0.5) is 5.13 Å². The molecule has 20 heavy (non-hydrogen) atoms. The number of hydrogen-bond acceptors (Lipinski definition) is 4. The van der Waals surface area contributed by atoms with Crippen LogP contribution in [0.25, 0.3) is 10.2 Å². The molecule has 0 saturated carbocycles. The highest BCUT2D eigenvalue weighted by atomic mass is 32.1. The summed E-state index contributed by atoms with van der Waals surface area (Å²) in [6.07, 6.45) is 1.60. The second-order valence-electron chi connectivity index (χ2n) is 5.32. The first kappa shape index (κ1) is 13.5. The summed E-state index contributed by atoms with van der Waals surface area (Å²) in [6.45, 7) is 5.48. The zero-order chi connectivity index (χ0) is 14.1. The first-order valence-electron chi connectivity index (χ1n) is 6.90. The van der Waals surface area contributed by atoms with Crippen molar-refractivity contribution in [2.24, 2.45) is 5.92 Å². The maximum atomic E-state index is 12.2. The van der Waals surface area contributed by atoms with Gasteiger partial charge in [0.05, 0.1) is 10.2 Å². The zero-order valence-corrected chi connectivity index (χ0v) is 12.5. The van der Waals surface area contributed by atoms with Gasteiger partial charge in [0.15, 0.2) is 5.13 Å². The van der Waals surface area contributed by atoms with Crippen LogP contribution in [0.15, 0.2) is 12.1 Å². The molecular formula is C15H18N2O2S. The van der Waals surface area contributed by atoms with Crippen molar-refractivity contribution in [3.8, 4) is 0 Å². The van der Waals surface area contributed by atoms with Gasteiger partial charge in [-0.25, -0.2) is 4.98 Å². The van der Waals surface area contributed by atoms with E-state index < -0.39 is 0 Å². The van der Waals surface area contributed by atoms with E-state index in [0.717, 1.165) is 28.6 Å². The van der Waals surface area contributed by atoms with Crippen LogP contribution < -0.4 is 5.32 Å². The Hall–Kier alpha value is -1.46. The second kappa shape index (κ2) is 5.50. The molecule has 1 saturated heterocycles. The number of aryl methyl sites for hydroxylation is 2. The molecular weight excluding hydrogens is 272 g/mol. The van der Waals surface area contributed by atoms with Crippen molar-refractivity contribution in [2.45, 2.75) is 26.7 Å². The van der Waals surface area contributed by atoms with Gasteiger partial charge in [-0.1, -0.05) is 17.4 Å². The van der Waals surface area contributed by atoms with E-state index in [9.17, 15) is 4.79 Å². The number of fused-ring (bicyclic) bond motifs is 1. The summed E-state index contributed by atoms with van der Waals surface area (Å²) in [5.41, 5.74) is 3.37. The van der Waals surface area contributed by atoms with E-state index in [1.165, 1.54) is 5.56 Å². The average Bonchev–Trinajstić information content (AvgIpc) is 2.82. The van der Waals surface area contributed by atoms with E-state index in [4.69, 9.17) is 4.74 Å². The molecule has 0 aliphatic carbocycles. The molecule has 1 aromatic heterocycles. The monoisotopic (exact) mass is 290 g/mol.